The van der Waals surface area contributed by atoms with E-state index in [1.807, 2.05) is 0 Å². The number of carbonyl (C=O) groups excluding carboxylic acids is 2. The van der Waals surface area contributed by atoms with Crippen molar-refractivity contribution in [1.82, 2.24) is 10.2 Å². The van der Waals surface area contributed by atoms with E-state index in [1.54, 1.807) is 37.3 Å². The summed E-state index contributed by atoms with van der Waals surface area (Å²) in [6.45, 7) is 1.55. The molecule has 2 aliphatic heterocycles. The van der Waals surface area contributed by atoms with Crippen LogP contribution in [0.2, 0.25) is 5.02 Å². The second-order valence-corrected chi connectivity index (χ2v) is 10.1. The van der Waals surface area contributed by atoms with Crippen molar-refractivity contribution in [2.45, 2.75) is 19.0 Å². The van der Waals surface area contributed by atoms with Crippen molar-refractivity contribution in [3.63, 3.8) is 0 Å². The topological polar surface area (TPSA) is 83.6 Å². The quantitative estimate of drug-likeness (QED) is 0.569. The van der Waals surface area contributed by atoms with Crippen LogP contribution in [0, 0.1) is 0 Å². The van der Waals surface area contributed by atoms with Crippen molar-refractivity contribution in [3.05, 3.63) is 51.2 Å². The maximum Gasteiger partial charge on any atom is 0.266 e. The van der Waals surface area contributed by atoms with Gasteiger partial charge in [0.25, 0.3) is 5.91 Å². The number of rotatable bonds is 4. The lowest BCUT2D eigenvalue weighted by molar-refractivity contribution is -0.132. The molecule has 1 N–H and O–H groups in total. The van der Waals surface area contributed by atoms with Gasteiger partial charge in [0.2, 0.25) is 5.91 Å². The Morgan fingerprint density at radius 2 is 2.07 bits per heavy atom. The predicted molar refractivity (Wildman–Crippen MR) is 111 cm³/mol. The van der Waals surface area contributed by atoms with Gasteiger partial charge in [-0.15, -0.1) is 0 Å². The van der Waals surface area contributed by atoms with Crippen LogP contribution < -0.4 is 5.32 Å². The van der Waals surface area contributed by atoms with Crippen LogP contribution in [0.25, 0.3) is 6.08 Å². The predicted octanol–water partition coefficient (Wildman–Crippen LogP) is 2.36. The Labute approximate surface area is 171 Å². The minimum absolute atomic E-state index is 0.180. The highest BCUT2D eigenvalue weighted by Gasteiger charge is 2.39. The molecule has 142 valence electrons. The second kappa shape index (κ2) is 7.75. The molecule has 1 fully saturated rings. The summed E-state index contributed by atoms with van der Waals surface area (Å²) in [6.07, 6.45) is 3.11. The molecule has 0 spiro atoms. The maximum atomic E-state index is 12.7. The molecule has 2 amide bonds. The van der Waals surface area contributed by atoms with Gasteiger partial charge in [-0.05, 0) is 36.8 Å². The van der Waals surface area contributed by atoms with Crippen LogP contribution in [0.4, 0.5) is 0 Å². The standard InChI is InChI=1S/C17H15ClN2O4S3/c1-10(15(21)19-13-6-7-27(23,24)9-13)20-16(22)14(26-17(20)25)8-11-2-4-12(18)5-3-11/h2-8,10,13H,9H2,1H3,(H,19,21)/b14-8+/t10-,13-/m0/s1. The molecule has 1 aromatic rings. The fourth-order valence-corrected chi connectivity index (χ4v) is 5.39. The van der Waals surface area contributed by atoms with Gasteiger partial charge in [0, 0.05) is 10.4 Å². The molecule has 0 radical (unpaired) electrons. The number of halogens is 1. The molecule has 0 aliphatic carbocycles. The van der Waals surface area contributed by atoms with Gasteiger partial charge in [0.15, 0.2) is 9.84 Å². The van der Waals surface area contributed by atoms with Crippen molar-refractivity contribution in [1.29, 1.82) is 0 Å². The third-order valence-electron chi connectivity index (χ3n) is 4.02. The SMILES string of the molecule is C[C@@H](C(=O)N[C@H]1C=CS(=O)(=O)C1)N1C(=O)/C(=C\c2ccc(Cl)cc2)SC1=S. The highest BCUT2D eigenvalue weighted by atomic mass is 35.5. The zero-order valence-electron chi connectivity index (χ0n) is 14.1. The summed E-state index contributed by atoms with van der Waals surface area (Å²) in [5, 5.41) is 4.29. The van der Waals surface area contributed by atoms with Crippen molar-refractivity contribution in [2.75, 3.05) is 5.75 Å². The molecule has 1 aromatic carbocycles. The Morgan fingerprint density at radius 3 is 2.67 bits per heavy atom. The molecule has 0 aromatic heterocycles. The second-order valence-electron chi connectivity index (χ2n) is 6.05. The molecular weight excluding hydrogens is 428 g/mol. The van der Waals surface area contributed by atoms with Crippen molar-refractivity contribution >= 4 is 67.6 Å². The number of nitrogens with zero attached hydrogens (tertiary/aromatic N) is 1. The van der Waals surface area contributed by atoms with Crippen LogP contribution in [0.5, 0.6) is 0 Å². The van der Waals surface area contributed by atoms with Crippen LogP contribution >= 0.6 is 35.6 Å². The lowest BCUT2D eigenvalue weighted by Gasteiger charge is -2.23. The largest absolute Gasteiger partial charge is 0.347 e. The number of thiocarbonyl (C=S) groups is 1. The van der Waals surface area contributed by atoms with Crippen molar-refractivity contribution in [3.8, 4) is 0 Å². The first-order chi connectivity index (χ1) is 12.7. The number of carbonyl (C=O) groups is 2. The number of nitrogens with one attached hydrogen (secondary N) is 1. The van der Waals surface area contributed by atoms with Gasteiger partial charge in [-0.25, -0.2) is 8.42 Å². The van der Waals surface area contributed by atoms with E-state index in [1.165, 1.54) is 11.0 Å². The van der Waals surface area contributed by atoms with Gasteiger partial charge in [0.05, 0.1) is 16.7 Å². The number of sulfone groups is 1. The summed E-state index contributed by atoms with van der Waals surface area (Å²) in [5.41, 5.74) is 0.790. The van der Waals surface area contributed by atoms with E-state index in [4.69, 9.17) is 23.8 Å². The van der Waals surface area contributed by atoms with Gasteiger partial charge >= 0.3 is 0 Å². The maximum absolute atomic E-state index is 12.7. The monoisotopic (exact) mass is 442 g/mol. The molecule has 0 saturated carbocycles. The van der Waals surface area contributed by atoms with E-state index in [-0.39, 0.29) is 16.0 Å². The van der Waals surface area contributed by atoms with Crippen molar-refractivity contribution in [2.24, 2.45) is 0 Å². The Balaban J connectivity index is 1.71. The Hall–Kier alpha value is -1.68. The van der Waals surface area contributed by atoms with E-state index in [9.17, 15) is 18.0 Å². The van der Waals surface area contributed by atoms with Crippen LogP contribution in [0.1, 0.15) is 12.5 Å². The number of amides is 2. The molecule has 0 bridgehead atoms. The summed E-state index contributed by atoms with van der Waals surface area (Å²) in [6, 6.07) is 5.52. The molecule has 2 aliphatic rings. The first-order valence-corrected chi connectivity index (χ1v) is 11.2. The van der Waals surface area contributed by atoms with Crippen LogP contribution in [-0.4, -0.2) is 47.3 Å². The minimum atomic E-state index is -3.28. The Bertz CT molecular complexity index is 970. The number of benzene rings is 1. The Morgan fingerprint density at radius 1 is 1.41 bits per heavy atom. The van der Waals surface area contributed by atoms with Crippen molar-refractivity contribution < 1.29 is 18.0 Å². The summed E-state index contributed by atoms with van der Waals surface area (Å²) in [5.74, 6) is -1.01. The van der Waals surface area contributed by atoms with Gasteiger partial charge in [-0.1, -0.05) is 47.7 Å². The molecule has 2 heterocycles. The fraction of sp³-hybridized carbons (Fsp3) is 0.235. The van der Waals surface area contributed by atoms with Crippen LogP contribution in [0.15, 0.2) is 40.7 Å². The average molecular weight is 443 g/mol. The summed E-state index contributed by atoms with van der Waals surface area (Å²) in [7, 11) is -3.28. The normalized spacial score (nSPS) is 23.9. The van der Waals surface area contributed by atoms with Gasteiger partial charge < -0.3 is 5.32 Å². The fourth-order valence-electron chi connectivity index (χ4n) is 2.61. The van der Waals surface area contributed by atoms with E-state index < -0.39 is 27.8 Å². The minimum Gasteiger partial charge on any atom is -0.347 e. The van der Waals surface area contributed by atoms with Gasteiger partial charge in [-0.2, -0.15) is 0 Å². The number of hydrogen-bond donors (Lipinski definition) is 1. The molecule has 10 heteroatoms. The lowest BCUT2D eigenvalue weighted by atomic mass is 10.2. The van der Waals surface area contributed by atoms with Gasteiger partial charge in [0.1, 0.15) is 10.4 Å². The van der Waals surface area contributed by atoms with Crippen LogP contribution in [-0.2, 0) is 19.4 Å². The first kappa shape index (κ1) is 20.1. The third-order valence-corrected chi connectivity index (χ3v) is 6.99. The summed E-state index contributed by atoms with van der Waals surface area (Å²) < 4.78 is 23.2. The molecule has 6 nitrogen and oxygen atoms in total. The number of hydrogen-bond acceptors (Lipinski definition) is 6. The van der Waals surface area contributed by atoms with E-state index in [2.05, 4.69) is 5.32 Å². The summed E-state index contributed by atoms with van der Waals surface area (Å²) >= 11 is 12.2. The molecule has 0 unspecified atom stereocenters. The zero-order chi connectivity index (χ0) is 19.8. The van der Waals surface area contributed by atoms with Gasteiger partial charge in [-0.3, -0.25) is 14.5 Å². The average Bonchev–Trinajstić information content (AvgIpc) is 3.07. The molecule has 27 heavy (non-hydrogen) atoms. The van der Waals surface area contributed by atoms with E-state index in [0.717, 1.165) is 22.7 Å². The molecule has 1 saturated heterocycles. The first-order valence-electron chi connectivity index (χ1n) is 7.90. The highest BCUT2D eigenvalue weighted by Crippen LogP contribution is 2.34. The smallest absolute Gasteiger partial charge is 0.266 e. The Kier molecular flexibility index (Phi) is 5.76. The molecule has 2 atom stereocenters. The van der Waals surface area contributed by atoms with E-state index in [0.29, 0.717) is 9.93 Å². The number of thioether (sulfide) groups is 1. The molecular formula is C17H15ClN2O4S3. The van der Waals surface area contributed by atoms with E-state index >= 15 is 0 Å². The van der Waals surface area contributed by atoms with Crippen LogP contribution in [0.3, 0.4) is 0 Å². The summed E-state index contributed by atoms with van der Waals surface area (Å²) in [4.78, 5) is 26.8. The lowest BCUT2D eigenvalue weighted by Crippen LogP contribution is -2.49. The zero-order valence-corrected chi connectivity index (χ0v) is 17.3. The molecule has 3 rings (SSSR count). The highest BCUT2D eigenvalue weighted by molar-refractivity contribution is 8.26. The third kappa shape index (κ3) is 4.60.